The molecule has 1 aliphatic heterocycles. The van der Waals surface area contributed by atoms with Gasteiger partial charge in [-0.2, -0.15) is 0 Å². The van der Waals surface area contributed by atoms with Gasteiger partial charge in [-0.1, -0.05) is 48.5 Å². The van der Waals surface area contributed by atoms with Crippen molar-refractivity contribution in [3.63, 3.8) is 0 Å². The summed E-state index contributed by atoms with van der Waals surface area (Å²) < 4.78 is 12.7. The van der Waals surface area contributed by atoms with E-state index >= 15 is 0 Å². The first-order valence-electron chi connectivity index (χ1n) is 12.6. The SMILES string of the molecule is COc1cc(/C=C2\C(=O)NC(=O)N(c3cc(C)ccc3C)C2=O)cc(I)c1OCc1c(C)ccc2ccccc12. The minimum Gasteiger partial charge on any atom is -0.493 e. The number of fused-ring (bicyclic) bond motifs is 1. The molecule has 1 saturated heterocycles. The van der Waals surface area contributed by atoms with Gasteiger partial charge in [0.05, 0.1) is 16.4 Å². The predicted molar refractivity (Wildman–Crippen MR) is 164 cm³/mol. The van der Waals surface area contributed by atoms with E-state index in [2.05, 4.69) is 59.1 Å². The van der Waals surface area contributed by atoms with Crippen molar-refractivity contribution in [3.05, 3.63) is 104 Å². The number of hydrogen-bond donors (Lipinski definition) is 1. The summed E-state index contributed by atoms with van der Waals surface area (Å²) in [5.74, 6) is -0.424. The molecule has 202 valence electrons. The van der Waals surface area contributed by atoms with Crippen LogP contribution in [-0.4, -0.2) is 25.0 Å². The molecule has 0 unspecified atom stereocenters. The average Bonchev–Trinajstić information content (AvgIpc) is 2.92. The van der Waals surface area contributed by atoms with Crippen LogP contribution in [0.25, 0.3) is 16.8 Å². The second-order valence-corrected chi connectivity index (χ2v) is 10.8. The van der Waals surface area contributed by atoms with Crippen LogP contribution in [0.4, 0.5) is 10.5 Å². The normalized spacial score (nSPS) is 14.6. The lowest BCUT2D eigenvalue weighted by Crippen LogP contribution is -2.54. The molecule has 0 saturated carbocycles. The molecule has 8 heteroatoms. The average molecular weight is 646 g/mol. The molecule has 4 amide bonds. The second-order valence-electron chi connectivity index (χ2n) is 9.65. The number of nitrogens with one attached hydrogen (secondary N) is 1. The molecule has 0 bridgehead atoms. The fraction of sp³-hybridized carbons (Fsp3) is 0.156. The minimum atomic E-state index is -0.777. The lowest BCUT2D eigenvalue weighted by Gasteiger charge is -2.28. The Labute approximate surface area is 245 Å². The smallest absolute Gasteiger partial charge is 0.335 e. The molecule has 0 aromatic heterocycles. The minimum absolute atomic E-state index is 0.154. The molecule has 5 rings (SSSR count). The maximum atomic E-state index is 13.4. The highest BCUT2D eigenvalue weighted by molar-refractivity contribution is 14.1. The van der Waals surface area contributed by atoms with E-state index in [1.54, 1.807) is 25.1 Å². The van der Waals surface area contributed by atoms with Gasteiger partial charge < -0.3 is 9.47 Å². The number of anilines is 1. The van der Waals surface area contributed by atoms with E-state index in [4.69, 9.17) is 9.47 Å². The molecule has 1 heterocycles. The van der Waals surface area contributed by atoms with Crippen LogP contribution in [0.1, 0.15) is 27.8 Å². The Morgan fingerprint density at radius 2 is 1.68 bits per heavy atom. The molecule has 4 aromatic rings. The third-order valence-electron chi connectivity index (χ3n) is 6.91. The number of methoxy groups -OCH3 is 1. The number of halogens is 1. The van der Waals surface area contributed by atoms with Gasteiger partial charge in [0.2, 0.25) is 0 Å². The number of nitrogens with zero attached hydrogens (tertiary/aromatic N) is 1. The third kappa shape index (κ3) is 5.19. The van der Waals surface area contributed by atoms with Crippen LogP contribution in [0.3, 0.4) is 0 Å². The zero-order valence-electron chi connectivity index (χ0n) is 22.5. The molecule has 1 N–H and O–H groups in total. The fourth-order valence-electron chi connectivity index (χ4n) is 4.75. The van der Waals surface area contributed by atoms with Gasteiger partial charge in [0, 0.05) is 5.56 Å². The number of amides is 4. The topological polar surface area (TPSA) is 84.9 Å². The van der Waals surface area contributed by atoms with Crippen molar-refractivity contribution in [2.45, 2.75) is 27.4 Å². The number of hydrogen-bond acceptors (Lipinski definition) is 5. The molecular weight excluding hydrogens is 619 g/mol. The third-order valence-corrected chi connectivity index (χ3v) is 7.71. The predicted octanol–water partition coefficient (Wildman–Crippen LogP) is 6.62. The Kier molecular flexibility index (Phi) is 7.62. The van der Waals surface area contributed by atoms with Gasteiger partial charge in [-0.05, 0) is 101 Å². The summed E-state index contributed by atoms with van der Waals surface area (Å²) in [6.45, 7) is 6.08. The molecule has 0 radical (unpaired) electrons. The molecule has 40 heavy (non-hydrogen) atoms. The van der Waals surface area contributed by atoms with Crippen LogP contribution in [0.15, 0.2) is 72.3 Å². The molecule has 4 aromatic carbocycles. The van der Waals surface area contributed by atoms with Gasteiger partial charge in [-0.3, -0.25) is 14.9 Å². The van der Waals surface area contributed by atoms with E-state index in [9.17, 15) is 14.4 Å². The van der Waals surface area contributed by atoms with E-state index < -0.39 is 17.8 Å². The zero-order valence-corrected chi connectivity index (χ0v) is 24.7. The van der Waals surface area contributed by atoms with Crippen molar-refractivity contribution < 1.29 is 23.9 Å². The summed E-state index contributed by atoms with van der Waals surface area (Å²) in [6.07, 6.45) is 1.46. The van der Waals surface area contributed by atoms with Gasteiger partial charge in [-0.25, -0.2) is 9.69 Å². The van der Waals surface area contributed by atoms with Crippen LogP contribution >= 0.6 is 22.6 Å². The van der Waals surface area contributed by atoms with Gasteiger partial charge in [0.25, 0.3) is 11.8 Å². The Balaban J connectivity index is 1.47. The first-order valence-corrected chi connectivity index (χ1v) is 13.7. The Bertz CT molecular complexity index is 1730. The van der Waals surface area contributed by atoms with Crippen LogP contribution in [-0.2, 0) is 16.2 Å². The molecule has 1 fully saturated rings. The number of barbiturate groups is 1. The van der Waals surface area contributed by atoms with Gasteiger partial charge in [0.15, 0.2) is 11.5 Å². The monoisotopic (exact) mass is 646 g/mol. The number of urea groups is 1. The molecule has 7 nitrogen and oxygen atoms in total. The molecular formula is C32H27IN2O5. The van der Waals surface area contributed by atoms with Crippen molar-refractivity contribution in [3.8, 4) is 11.5 Å². The standard InChI is InChI=1S/C32H27IN2O5/c1-18-9-10-20(3)27(13-18)35-31(37)24(30(36)34-32(35)38)14-21-15-26(33)29(28(16-21)39-4)40-17-25-19(2)11-12-22-7-5-6-8-23(22)25/h5-16H,17H2,1-4H3,(H,34,36,38)/b24-14+. The van der Waals surface area contributed by atoms with Crippen LogP contribution < -0.4 is 19.7 Å². The fourth-order valence-corrected chi connectivity index (χ4v) is 5.53. The number of carbonyl (C=O) groups is 3. The Morgan fingerprint density at radius 3 is 2.45 bits per heavy atom. The number of benzene rings is 4. The van der Waals surface area contributed by atoms with Gasteiger partial charge in [-0.15, -0.1) is 0 Å². The highest BCUT2D eigenvalue weighted by Gasteiger charge is 2.37. The number of imide groups is 2. The number of ether oxygens (including phenoxy) is 2. The first kappa shape index (κ1) is 27.4. The summed E-state index contributed by atoms with van der Waals surface area (Å²) in [4.78, 5) is 39.9. The van der Waals surface area contributed by atoms with Crippen LogP contribution in [0, 0.1) is 24.3 Å². The van der Waals surface area contributed by atoms with Crippen LogP contribution in [0.2, 0.25) is 0 Å². The van der Waals surface area contributed by atoms with Crippen LogP contribution in [0.5, 0.6) is 11.5 Å². The zero-order chi connectivity index (χ0) is 28.6. The van der Waals surface area contributed by atoms with Crippen molar-refractivity contribution >= 4 is 63.0 Å². The van der Waals surface area contributed by atoms with E-state index in [0.29, 0.717) is 29.4 Å². The van der Waals surface area contributed by atoms with E-state index in [1.807, 2.05) is 31.2 Å². The lowest BCUT2D eigenvalue weighted by atomic mass is 10.0. The molecule has 0 spiro atoms. The van der Waals surface area contributed by atoms with Crippen molar-refractivity contribution in [1.82, 2.24) is 5.32 Å². The summed E-state index contributed by atoms with van der Waals surface area (Å²) in [5.41, 5.74) is 4.67. The molecule has 0 aliphatic carbocycles. The summed E-state index contributed by atoms with van der Waals surface area (Å²) in [6, 6.07) is 20.6. The van der Waals surface area contributed by atoms with Gasteiger partial charge >= 0.3 is 6.03 Å². The van der Waals surface area contributed by atoms with Crippen molar-refractivity contribution in [1.29, 1.82) is 0 Å². The molecule has 1 aliphatic rings. The Hall–Kier alpha value is -4.18. The van der Waals surface area contributed by atoms with E-state index in [1.165, 1.54) is 13.2 Å². The quantitative estimate of drug-likeness (QED) is 0.145. The van der Waals surface area contributed by atoms with E-state index in [0.717, 1.165) is 41.5 Å². The number of rotatable bonds is 6. The summed E-state index contributed by atoms with van der Waals surface area (Å²) in [7, 11) is 1.54. The van der Waals surface area contributed by atoms with E-state index in [-0.39, 0.29) is 5.57 Å². The van der Waals surface area contributed by atoms with Gasteiger partial charge in [0.1, 0.15) is 12.2 Å². The summed E-state index contributed by atoms with van der Waals surface area (Å²) >= 11 is 2.15. The largest absolute Gasteiger partial charge is 0.493 e. The van der Waals surface area contributed by atoms with Crippen molar-refractivity contribution in [2.75, 3.05) is 12.0 Å². The first-order chi connectivity index (χ1) is 19.2. The summed E-state index contributed by atoms with van der Waals surface area (Å²) in [5, 5.41) is 4.55. The number of carbonyl (C=O) groups excluding carboxylic acids is 3. The Morgan fingerprint density at radius 1 is 0.925 bits per heavy atom. The number of aryl methyl sites for hydroxylation is 3. The second kappa shape index (κ2) is 11.1. The maximum Gasteiger partial charge on any atom is 0.335 e. The molecule has 0 atom stereocenters. The highest BCUT2D eigenvalue weighted by Crippen LogP contribution is 2.36. The van der Waals surface area contributed by atoms with Crippen molar-refractivity contribution in [2.24, 2.45) is 0 Å². The maximum absolute atomic E-state index is 13.4. The highest BCUT2D eigenvalue weighted by atomic mass is 127. The lowest BCUT2D eigenvalue weighted by molar-refractivity contribution is -0.122.